The topological polar surface area (TPSA) is 70.7 Å². The Labute approximate surface area is 186 Å². The molecule has 2 aromatic carbocycles. The fraction of sp³-hybridized carbons (Fsp3) is 0.391. The normalized spacial score (nSPS) is 15.4. The van der Waals surface area contributed by atoms with E-state index in [4.69, 9.17) is 21.1 Å². The molecule has 0 bridgehead atoms. The van der Waals surface area contributed by atoms with Crippen molar-refractivity contribution >= 4 is 22.5 Å². The van der Waals surface area contributed by atoms with Gasteiger partial charge in [-0.1, -0.05) is 11.6 Å². The summed E-state index contributed by atoms with van der Waals surface area (Å²) in [4.78, 5) is 24.6. The van der Waals surface area contributed by atoms with Crippen molar-refractivity contribution in [2.75, 3.05) is 40.4 Å². The lowest BCUT2D eigenvalue weighted by Gasteiger charge is -2.34. The van der Waals surface area contributed by atoms with Crippen LogP contribution in [0.3, 0.4) is 0 Å². The van der Waals surface area contributed by atoms with Gasteiger partial charge in [0.25, 0.3) is 5.56 Å². The van der Waals surface area contributed by atoms with Crippen LogP contribution in [0.4, 0.5) is 0 Å². The maximum atomic E-state index is 12.4. The zero-order valence-corrected chi connectivity index (χ0v) is 18.8. The molecule has 1 aliphatic heterocycles. The van der Waals surface area contributed by atoms with E-state index >= 15 is 0 Å². The first-order chi connectivity index (χ1) is 15.0. The standard InChI is InChI=1S/C23H27ClN4O3/c1-15-10-20(30-2)21(31-3)11-16(15)13-27-6-8-28(9-7-27)14-22-25-19-12-17(24)4-5-18(19)23(29)26-22/h4-5,10-12H,6-9,13-14H2,1-3H3,(H,25,26,29). The number of halogens is 1. The highest BCUT2D eigenvalue weighted by Crippen LogP contribution is 2.31. The van der Waals surface area contributed by atoms with E-state index in [9.17, 15) is 4.79 Å². The molecule has 1 saturated heterocycles. The number of hydrogen-bond donors (Lipinski definition) is 1. The largest absolute Gasteiger partial charge is 0.493 e. The molecule has 0 amide bonds. The van der Waals surface area contributed by atoms with E-state index in [0.29, 0.717) is 28.3 Å². The lowest BCUT2D eigenvalue weighted by atomic mass is 10.1. The first-order valence-corrected chi connectivity index (χ1v) is 10.7. The van der Waals surface area contributed by atoms with Gasteiger partial charge in [0.1, 0.15) is 5.82 Å². The summed E-state index contributed by atoms with van der Waals surface area (Å²) in [5.41, 5.74) is 2.94. The maximum Gasteiger partial charge on any atom is 0.258 e. The zero-order valence-electron chi connectivity index (χ0n) is 18.1. The minimum absolute atomic E-state index is 0.126. The summed E-state index contributed by atoms with van der Waals surface area (Å²) in [7, 11) is 3.32. The number of piperazine rings is 1. The van der Waals surface area contributed by atoms with Gasteiger partial charge in [0.05, 0.1) is 31.7 Å². The number of ether oxygens (including phenoxy) is 2. The van der Waals surface area contributed by atoms with Gasteiger partial charge in [0.15, 0.2) is 11.5 Å². The van der Waals surface area contributed by atoms with E-state index in [-0.39, 0.29) is 5.56 Å². The zero-order chi connectivity index (χ0) is 22.0. The van der Waals surface area contributed by atoms with Gasteiger partial charge < -0.3 is 14.5 Å². The molecule has 0 saturated carbocycles. The van der Waals surface area contributed by atoms with Gasteiger partial charge >= 0.3 is 0 Å². The van der Waals surface area contributed by atoms with Crippen LogP contribution in [-0.2, 0) is 13.1 Å². The van der Waals surface area contributed by atoms with Crippen LogP contribution in [0.15, 0.2) is 35.1 Å². The number of nitrogens with zero attached hydrogens (tertiary/aromatic N) is 3. The van der Waals surface area contributed by atoms with E-state index in [0.717, 1.165) is 44.2 Å². The Balaban J connectivity index is 1.39. The average molecular weight is 443 g/mol. The first-order valence-electron chi connectivity index (χ1n) is 10.3. The lowest BCUT2D eigenvalue weighted by Crippen LogP contribution is -2.45. The summed E-state index contributed by atoms with van der Waals surface area (Å²) < 4.78 is 10.8. The molecular weight excluding hydrogens is 416 g/mol. The van der Waals surface area contributed by atoms with E-state index in [1.165, 1.54) is 11.1 Å². The van der Waals surface area contributed by atoms with Crippen molar-refractivity contribution in [3.05, 3.63) is 62.7 Å². The third-order valence-electron chi connectivity index (χ3n) is 5.79. The maximum absolute atomic E-state index is 12.4. The number of aromatic nitrogens is 2. The van der Waals surface area contributed by atoms with Crippen molar-refractivity contribution in [3.8, 4) is 11.5 Å². The molecule has 0 aliphatic carbocycles. The van der Waals surface area contributed by atoms with Crippen molar-refractivity contribution in [1.29, 1.82) is 0 Å². The van der Waals surface area contributed by atoms with Gasteiger partial charge in [-0.05, 0) is 48.4 Å². The summed E-state index contributed by atoms with van der Waals surface area (Å²) in [6, 6.07) is 9.24. The summed E-state index contributed by atoms with van der Waals surface area (Å²) in [6.07, 6.45) is 0. The first kappa shape index (κ1) is 21.6. The quantitative estimate of drug-likeness (QED) is 0.632. The van der Waals surface area contributed by atoms with Gasteiger partial charge in [-0.3, -0.25) is 14.6 Å². The van der Waals surface area contributed by atoms with Crippen molar-refractivity contribution < 1.29 is 9.47 Å². The minimum Gasteiger partial charge on any atom is -0.493 e. The SMILES string of the molecule is COc1cc(C)c(CN2CCN(Cc3nc4cc(Cl)ccc4c(=O)[nH]3)CC2)cc1OC. The summed E-state index contributed by atoms with van der Waals surface area (Å²) in [5, 5.41) is 1.14. The minimum atomic E-state index is -0.126. The number of benzene rings is 2. The average Bonchev–Trinajstić information content (AvgIpc) is 2.75. The van der Waals surface area contributed by atoms with E-state index in [1.54, 1.807) is 32.4 Å². The molecule has 3 aromatic rings. The van der Waals surface area contributed by atoms with Crippen LogP contribution in [0.1, 0.15) is 17.0 Å². The summed E-state index contributed by atoms with van der Waals surface area (Å²) in [5.74, 6) is 2.18. The van der Waals surface area contributed by atoms with Crippen LogP contribution in [-0.4, -0.2) is 60.2 Å². The van der Waals surface area contributed by atoms with E-state index < -0.39 is 0 Å². The summed E-state index contributed by atoms with van der Waals surface area (Å²) in [6.45, 7) is 7.27. The van der Waals surface area contributed by atoms with E-state index in [2.05, 4.69) is 32.8 Å². The molecule has 1 aliphatic rings. The molecule has 0 radical (unpaired) electrons. The third-order valence-corrected chi connectivity index (χ3v) is 6.03. The van der Waals surface area contributed by atoms with Gasteiger partial charge in [-0.15, -0.1) is 0 Å². The van der Waals surface area contributed by atoms with Crippen LogP contribution in [0, 0.1) is 6.92 Å². The van der Waals surface area contributed by atoms with Crippen molar-refractivity contribution in [2.45, 2.75) is 20.0 Å². The molecule has 8 heteroatoms. The van der Waals surface area contributed by atoms with E-state index in [1.807, 2.05) is 6.07 Å². The lowest BCUT2D eigenvalue weighted by molar-refractivity contribution is 0.119. The molecule has 0 unspecified atom stereocenters. The van der Waals surface area contributed by atoms with Crippen LogP contribution in [0.5, 0.6) is 11.5 Å². The van der Waals surface area contributed by atoms with Gasteiger partial charge in [-0.25, -0.2) is 4.98 Å². The van der Waals surface area contributed by atoms with Crippen LogP contribution < -0.4 is 15.0 Å². The number of fused-ring (bicyclic) bond motifs is 1. The fourth-order valence-electron chi connectivity index (χ4n) is 3.99. The fourth-order valence-corrected chi connectivity index (χ4v) is 4.15. The molecular formula is C23H27ClN4O3. The molecule has 4 rings (SSSR count). The number of rotatable bonds is 6. The van der Waals surface area contributed by atoms with Crippen LogP contribution in [0.25, 0.3) is 10.9 Å². The number of methoxy groups -OCH3 is 2. The molecule has 2 heterocycles. The van der Waals surface area contributed by atoms with Gasteiger partial charge in [-0.2, -0.15) is 0 Å². The molecule has 0 atom stereocenters. The molecule has 1 N–H and O–H groups in total. The smallest absolute Gasteiger partial charge is 0.258 e. The predicted octanol–water partition coefficient (Wildman–Crippen LogP) is 3.22. The second-order valence-corrected chi connectivity index (χ2v) is 8.30. The highest BCUT2D eigenvalue weighted by molar-refractivity contribution is 6.31. The Hall–Kier alpha value is -2.61. The second kappa shape index (κ2) is 9.26. The highest BCUT2D eigenvalue weighted by atomic mass is 35.5. The Morgan fingerprint density at radius 3 is 2.32 bits per heavy atom. The van der Waals surface area contributed by atoms with Crippen molar-refractivity contribution in [2.24, 2.45) is 0 Å². The van der Waals surface area contributed by atoms with Gasteiger partial charge in [0.2, 0.25) is 0 Å². The number of nitrogens with one attached hydrogen (secondary N) is 1. The molecule has 164 valence electrons. The summed E-state index contributed by atoms with van der Waals surface area (Å²) >= 11 is 6.06. The molecule has 0 spiro atoms. The molecule has 7 nitrogen and oxygen atoms in total. The monoisotopic (exact) mass is 442 g/mol. The molecule has 1 aromatic heterocycles. The van der Waals surface area contributed by atoms with Crippen LogP contribution in [0.2, 0.25) is 5.02 Å². The van der Waals surface area contributed by atoms with Crippen LogP contribution >= 0.6 is 11.6 Å². The number of aromatic amines is 1. The number of hydrogen-bond acceptors (Lipinski definition) is 6. The van der Waals surface area contributed by atoms with Gasteiger partial charge in [0, 0.05) is 37.7 Å². The predicted molar refractivity (Wildman–Crippen MR) is 122 cm³/mol. The Morgan fingerprint density at radius 1 is 1.00 bits per heavy atom. The number of aryl methyl sites for hydroxylation is 1. The molecule has 31 heavy (non-hydrogen) atoms. The highest BCUT2D eigenvalue weighted by Gasteiger charge is 2.20. The Bertz CT molecular complexity index is 1140. The molecule has 1 fully saturated rings. The Kier molecular flexibility index (Phi) is 6.46. The van der Waals surface area contributed by atoms with Crippen molar-refractivity contribution in [3.63, 3.8) is 0 Å². The number of H-pyrrole nitrogens is 1. The van der Waals surface area contributed by atoms with Crippen molar-refractivity contribution in [1.82, 2.24) is 19.8 Å². The third kappa shape index (κ3) is 4.84. The Morgan fingerprint density at radius 2 is 1.65 bits per heavy atom. The second-order valence-electron chi connectivity index (χ2n) is 7.86.